The lowest BCUT2D eigenvalue weighted by Gasteiger charge is -2.11. The molecule has 0 aliphatic heterocycles. The lowest BCUT2D eigenvalue weighted by molar-refractivity contribution is 0.0980. The van der Waals surface area contributed by atoms with Crippen molar-refractivity contribution in [3.63, 3.8) is 0 Å². The van der Waals surface area contributed by atoms with Crippen LogP contribution in [0.5, 0.6) is 11.5 Å². The molecule has 0 fully saturated rings. The second-order valence-electron chi connectivity index (χ2n) is 3.39. The van der Waals surface area contributed by atoms with Crippen LogP contribution in [0.3, 0.4) is 0 Å². The van der Waals surface area contributed by atoms with Crippen molar-refractivity contribution in [3.8, 4) is 23.3 Å². The Bertz CT molecular complexity index is 452. The normalized spacial score (nSPS) is 9.12. The Labute approximate surface area is 102 Å². The van der Waals surface area contributed by atoms with Gasteiger partial charge in [-0.15, -0.1) is 11.8 Å². The van der Waals surface area contributed by atoms with Crippen molar-refractivity contribution < 1.29 is 14.3 Å². The Morgan fingerprint density at radius 2 is 2.06 bits per heavy atom. The summed E-state index contributed by atoms with van der Waals surface area (Å²) in [5, 5.41) is 0. The maximum atomic E-state index is 12.0. The van der Waals surface area contributed by atoms with Crippen LogP contribution in [0.2, 0.25) is 0 Å². The van der Waals surface area contributed by atoms with Gasteiger partial charge in [-0.2, -0.15) is 0 Å². The highest BCUT2D eigenvalue weighted by molar-refractivity contribution is 5.99. The number of ketones is 1. The molecule has 1 rings (SSSR count). The Morgan fingerprint density at radius 1 is 1.29 bits per heavy atom. The first-order valence-electron chi connectivity index (χ1n) is 5.38. The number of carbonyl (C=O) groups is 1. The Balaban J connectivity index is 2.95. The standard InChI is InChI=1S/C14H16O3/c1-4-5-6-9-12(15)11-8-7-10-13(16-2)14(11)17-3/h7-8,10H,6,9H2,1-3H3. The van der Waals surface area contributed by atoms with Crippen molar-refractivity contribution >= 4 is 5.78 Å². The molecule has 0 radical (unpaired) electrons. The fraction of sp³-hybridized carbons (Fsp3) is 0.357. The summed E-state index contributed by atoms with van der Waals surface area (Å²) in [4.78, 5) is 12.0. The maximum Gasteiger partial charge on any atom is 0.171 e. The molecule has 3 heteroatoms. The van der Waals surface area contributed by atoms with E-state index in [2.05, 4.69) is 11.8 Å². The van der Waals surface area contributed by atoms with Gasteiger partial charge in [-0.05, 0) is 19.1 Å². The molecule has 0 atom stereocenters. The average molecular weight is 232 g/mol. The minimum absolute atomic E-state index is 0.0171. The smallest absolute Gasteiger partial charge is 0.171 e. The van der Waals surface area contributed by atoms with Gasteiger partial charge in [0.2, 0.25) is 0 Å². The van der Waals surface area contributed by atoms with E-state index >= 15 is 0 Å². The van der Waals surface area contributed by atoms with Crippen LogP contribution < -0.4 is 9.47 Å². The van der Waals surface area contributed by atoms with Crippen LogP contribution in [0.4, 0.5) is 0 Å². The fourth-order valence-electron chi connectivity index (χ4n) is 1.54. The minimum atomic E-state index is 0.0171. The molecule has 1 aromatic carbocycles. The summed E-state index contributed by atoms with van der Waals surface area (Å²) in [7, 11) is 3.08. The monoisotopic (exact) mass is 232 g/mol. The van der Waals surface area contributed by atoms with Crippen molar-refractivity contribution in [2.24, 2.45) is 0 Å². The summed E-state index contributed by atoms with van der Waals surface area (Å²) in [6.07, 6.45) is 0.958. The maximum absolute atomic E-state index is 12.0. The lowest BCUT2D eigenvalue weighted by atomic mass is 10.1. The zero-order valence-electron chi connectivity index (χ0n) is 10.4. The number of benzene rings is 1. The third-order valence-corrected chi connectivity index (χ3v) is 2.36. The van der Waals surface area contributed by atoms with Crippen LogP contribution in [-0.4, -0.2) is 20.0 Å². The van der Waals surface area contributed by atoms with E-state index in [4.69, 9.17) is 9.47 Å². The summed E-state index contributed by atoms with van der Waals surface area (Å²) in [5.74, 6) is 6.72. The first-order chi connectivity index (χ1) is 8.24. The summed E-state index contributed by atoms with van der Waals surface area (Å²) in [6, 6.07) is 5.28. The predicted octanol–water partition coefficient (Wildman–Crippen LogP) is 2.69. The van der Waals surface area contributed by atoms with Crippen molar-refractivity contribution in [3.05, 3.63) is 23.8 Å². The molecule has 0 heterocycles. The summed E-state index contributed by atoms with van der Waals surface area (Å²) < 4.78 is 10.4. The molecule has 0 aromatic heterocycles. The van der Waals surface area contributed by atoms with Gasteiger partial charge < -0.3 is 9.47 Å². The number of rotatable bonds is 5. The van der Waals surface area contributed by atoms with Gasteiger partial charge in [-0.3, -0.25) is 4.79 Å². The van der Waals surface area contributed by atoms with Gasteiger partial charge in [0.25, 0.3) is 0 Å². The van der Waals surface area contributed by atoms with E-state index in [0.29, 0.717) is 29.9 Å². The van der Waals surface area contributed by atoms with Gasteiger partial charge in [0.05, 0.1) is 19.8 Å². The first kappa shape index (κ1) is 13.1. The van der Waals surface area contributed by atoms with Crippen molar-refractivity contribution in [1.82, 2.24) is 0 Å². The van der Waals surface area contributed by atoms with Crippen molar-refractivity contribution in [2.75, 3.05) is 14.2 Å². The molecule has 0 saturated heterocycles. The number of methoxy groups -OCH3 is 2. The molecule has 0 bridgehead atoms. The Morgan fingerprint density at radius 3 is 2.65 bits per heavy atom. The molecule has 0 saturated carbocycles. The van der Waals surface area contributed by atoms with E-state index in [0.717, 1.165) is 0 Å². The number of para-hydroxylation sites is 1. The zero-order chi connectivity index (χ0) is 12.7. The largest absolute Gasteiger partial charge is 0.493 e. The minimum Gasteiger partial charge on any atom is -0.493 e. The zero-order valence-corrected chi connectivity index (χ0v) is 10.4. The van der Waals surface area contributed by atoms with E-state index < -0.39 is 0 Å². The SMILES string of the molecule is CC#CCCC(=O)c1cccc(OC)c1OC. The highest BCUT2D eigenvalue weighted by Crippen LogP contribution is 2.31. The van der Waals surface area contributed by atoms with E-state index in [1.807, 2.05) is 0 Å². The van der Waals surface area contributed by atoms with Gasteiger partial charge >= 0.3 is 0 Å². The molecule has 90 valence electrons. The van der Waals surface area contributed by atoms with Crippen LogP contribution >= 0.6 is 0 Å². The number of hydrogen-bond acceptors (Lipinski definition) is 3. The Kier molecular flexibility index (Phi) is 5.09. The third-order valence-electron chi connectivity index (χ3n) is 2.36. The molecule has 3 nitrogen and oxygen atoms in total. The van der Waals surface area contributed by atoms with E-state index in [1.165, 1.54) is 7.11 Å². The van der Waals surface area contributed by atoms with E-state index in [-0.39, 0.29) is 5.78 Å². The molecule has 0 unspecified atom stereocenters. The third kappa shape index (κ3) is 3.25. The molecule has 0 aliphatic carbocycles. The summed E-state index contributed by atoms with van der Waals surface area (Å²) >= 11 is 0. The first-order valence-corrected chi connectivity index (χ1v) is 5.38. The summed E-state index contributed by atoms with van der Waals surface area (Å²) in [6.45, 7) is 1.76. The van der Waals surface area contributed by atoms with Gasteiger partial charge in [-0.25, -0.2) is 0 Å². The van der Waals surface area contributed by atoms with Crippen LogP contribution in [0, 0.1) is 11.8 Å². The van der Waals surface area contributed by atoms with Gasteiger partial charge in [0.15, 0.2) is 17.3 Å². The van der Waals surface area contributed by atoms with Crippen molar-refractivity contribution in [2.45, 2.75) is 19.8 Å². The molecule has 1 aromatic rings. The molecule has 0 spiro atoms. The topological polar surface area (TPSA) is 35.5 Å². The highest BCUT2D eigenvalue weighted by Gasteiger charge is 2.15. The number of ether oxygens (including phenoxy) is 2. The highest BCUT2D eigenvalue weighted by atomic mass is 16.5. The molecule has 17 heavy (non-hydrogen) atoms. The lowest BCUT2D eigenvalue weighted by Crippen LogP contribution is -2.03. The van der Waals surface area contributed by atoms with Crippen LogP contribution in [0.1, 0.15) is 30.1 Å². The second-order valence-corrected chi connectivity index (χ2v) is 3.39. The van der Waals surface area contributed by atoms with Crippen LogP contribution in [0.25, 0.3) is 0 Å². The second kappa shape index (κ2) is 6.59. The number of hydrogen-bond donors (Lipinski definition) is 0. The molecule has 0 aliphatic rings. The van der Waals surface area contributed by atoms with E-state index in [9.17, 15) is 4.79 Å². The average Bonchev–Trinajstić information content (AvgIpc) is 2.37. The van der Waals surface area contributed by atoms with Crippen LogP contribution in [0.15, 0.2) is 18.2 Å². The molecule has 0 N–H and O–H groups in total. The van der Waals surface area contributed by atoms with Gasteiger partial charge in [0.1, 0.15) is 0 Å². The quantitative estimate of drug-likeness (QED) is 0.578. The predicted molar refractivity (Wildman–Crippen MR) is 66.6 cm³/mol. The Hall–Kier alpha value is -1.95. The summed E-state index contributed by atoms with van der Waals surface area (Å²) in [5.41, 5.74) is 0.546. The number of carbonyl (C=O) groups excluding carboxylic acids is 1. The van der Waals surface area contributed by atoms with Gasteiger partial charge in [0, 0.05) is 12.8 Å². The fourth-order valence-corrected chi connectivity index (χ4v) is 1.54. The molecule has 0 amide bonds. The van der Waals surface area contributed by atoms with E-state index in [1.54, 1.807) is 32.2 Å². The molecular weight excluding hydrogens is 216 g/mol. The van der Waals surface area contributed by atoms with Crippen molar-refractivity contribution in [1.29, 1.82) is 0 Å². The number of Topliss-reactive ketones (excluding diaryl/α,β-unsaturated/α-hetero) is 1. The molecular formula is C14H16O3. The van der Waals surface area contributed by atoms with Crippen LogP contribution in [-0.2, 0) is 0 Å². The van der Waals surface area contributed by atoms with Gasteiger partial charge in [-0.1, -0.05) is 6.07 Å².